The molecule has 0 saturated heterocycles. The predicted octanol–water partition coefficient (Wildman–Crippen LogP) is 1.82. The summed E-state index contributed by atoms with van der Waals surface area (Å²) in [7, 11) is 0. The lowest BCUT2D eigenvalue weighted by Gasteiger charge is -2.18. The van der Waals surface area contributed by atoms with Crippen LogP contribution >= 0.6 is 0 Å². The molecule has 18 heavy (non-hydrogen) atoms. The molecular formula is C14H19O4-. The number of allylic oxidation sites excluding steroid dienone is 3. The van der Waals surface area contributed by atoms with Gasteiger partial charge in [-0.2, -0.15) is 0 Å². The van der Waals surface area contributed by atoms with Crippen molar-refractivity contribution >= 4 is 5.97 Å². The van der Waals surface area contributed by atoms with Gasteiger partial charge in [-0.1, -0.05) is 6.92 Å². The molecule has 0 saturated carbocycles. The SMILES string of the molecule is CCOC(=O)C1=C(C)/C(=C(\[O-])OCC)C(C)=C1C. The van der Waals surface area contributed by atoms with Gasteiger partial charge in [-0.25, -0.2) is 4.79 Å². The highest BCUT2D eigenvalue weighted by Gasteiger charge is 2.27. The number of ether oxygens (including phenoxy) is 2. The summed E-state index contributed by atoms with van der Waals surface area (Å²) in [6.07, 6.45) is 0. The molecule has 4 heteroatoms. The normalized spacial score (nSPS) is 18.3. The van der Waals surface area contributed by atoms with Crippen molar-refractivity contribution < 1.29 is 19.4 Å². The third-order valence-electron chi connectivity index (χ3n) is 3.02. The average molecular weight is 251 g/mol. The van der Waals surface area contributed by atoms with Crippen molar-refractivity contribution in [2.24, 2.45) is 0 Å². The molecule has 0 radical (unpaired) electrons. The summed E-state index contributed by atoms with van der Waals surface area (Å²) in [6.45, 7) is 9.52. The Morgan fingerprint density at radius 1 is 1.00 bits per heavy atom. The summed E-state index contributed by atoms with van der Waals surface area (Å²) in [5.41, 5.74) is 3.18. The molecule has 0 heterocycles. The van der Waals surface area contributed by atoms with E-state index in [2.05, 4.69) is 0 Å². The summed E-state index contributed by atoms with van der Waals surface area (Å²) in [5.74, 6) is -0.766. The van der Waals surface area contributed by atoms with Crippen LogP contribution in [0.4, 0.5) is 0 Å². The van der Waals surface area contributed by atoms with Gasteiger partial charge in [0.15, 0.2) is 0 Å². The highest BCUT2D eigenvalue weighted by Crippen LogP contribution is 2.37. The maximum atomic E-state index is 11.9. The van der Waals surface area contributed by atoms with Gasteiger partial charge in [0.2, 0.25) is 0 Å². The van der Waals surface area contributed by atoms with E-state index in [9.17, 15) is 9.90 Å². The Balaban J connectivity index is 3.28. The van der Waals surface area contributed by atoms with Crippen LogP contribution in [0.15, 0.2) is 33.8 Å². The predicted molar refractivity (Wildman–Crippen MR) is 66.4 cm³/mol. The van der Waals surface area contributed by atoms with Gasteiger partial charge in [0.25, 0.3) is 0 Å². The van der Waals surface area contributed by atoms with E-state index in [1.807, 2.05) is 13.8 Å². The van der Waals surface area contributed by atoms with Crippen LogP contribution in [-0.2, 0) is 14.3 Å². The number of esters is 1. The monoisotopic (exact) mass is 251 g/mol. The fraction of sp³-hybridized carbons (Fsp3) is 0.500. The second-order valence-corrected chi connectivity index (χ2v) is 4.07. The first-order chi connectivity index (χ1) is 8.45. The van der Waals surface area contributed by atoms with E-state index in [4.69, 9.17) is 9.47 Å². The van der Waals surface area contributed by atoms with Crippen molar-refractivity contribution in [3.8, 4) is 0 Å². The standard InChI is InChI=1S/C14H20O4/c1-6-17-13(15)11-8(3)9(4)12(10(11)5)14(16)18-7-2/h15H,6-7H2,1-5H3/p-1/b13-11+. The lowest BCUT2D eigenvalue weighted by atomic mass is 10.1. The maximum absolute atomic E-state index is 11.9. The average Bonchev–Trinajstić information content (AvgIpc) is 2.51. The minimum absolute atomic E-state index is 0.316. The van der Waals surface area contributed by atoms with Crippen LogP contribution in [-0.4, -0.2) is 19.2 Å². The summed E-state index contributed by atoms with van der Waals surface area (Å²) in [4.78, 5) is 11.9. The molecule has 0 amide bonds. The van der Waals surface area contributed by atoms with Crippen LogP contribution in [0.1, 0.15) is 34.6 Å². The molecule has 0 fully saturated rings. The molecule has 100 valence electrons. The van der Waals surface area contributed by atoms with Gasteiger partial charge in [-0.3, -0.25) is 0 Å². The first-order valence-corrected chi connectivity index (χ1v) is 6.06. The van der Waals surface area contributed by atoms with Crippen molar-refractivity contribution in [3.05, 3.63) is 33.8 Å². The molecular weight excluding hydrogens is 232 g/mol. The molecule has 0 bridgehead atoms. The minimum Gasteiger partial charge on any atom is -0.613 e. The second-order valence-electron chi connectivity index (χ2n) is 4.07. The fourth-order valence-electron chi connectivity index (χ4n) is 2.08. The summed E-state index contributed by atoms with van der Waals surface area (Å²) in [6, 6.07) is 0. The molecule has 4 nitrogen and oxygen atoms in total. The zero-order valence-corrected chi connectivity index (χ0v) is 11.5. The Hall–Kier alpha value is -1.71. The highest BCUT2D eigenvalue weighted by molar-refractivity contribution is 5.98. The molecule has 0 aliphatic heterocycles. The Bertz CT molecular complexity index is 452. The van der Waals surface area contributed by atoms with E-state index in [1.165, 1.54) is 0 Å². The quantitative estimate of drug-likeness (QED) is 0.565. The van der Waals surface area contributed by atoms with Crippen molar-refractivity contribution in [1.82, 2.24) is 0 Å². The topological polar surface area (TPSA) is 58.6 Å². The van der Waals surface area contributed by atoms with Gasteiger partial charge in [-0.05, 0) is 51.0 Å². The van der Waals surface area contributed by atoms with E-state index in [-0.39, 0.29) is 11.9 Å². The van der Waals surface area contributed by atoms with Crippen LogP contribution in [0.5, 0.6) is 0 Å². The molecule has 0 aromatic carbocycles. The zero-order valence-electron chi connectivity index (χ0n) is 11.5. The summed E-state index contributed by atoms with van der Waals surface area (Å²) >= 11 is 0. The van der Waals surface area contributed by atoms with Crippen LogP contribution in [0.25, 0.3) is 0 Å². The molecule has 0 N–H and O–H groups in total. The zero-order chi connectivity index (χ0) is 13.9. The largest absolute Gasteiger partial charge is 0.613 e. The second kappa shape index (κ2) is 5.76. The lowest BCUT2D eigenvalue weighted by Crippen LogP contribution is -2.13. The molecule has 0 aromatic rings. The van der Waals surface area contributed by atoms with E-state index in [0.29, 0.717) is 29.9 Å². The minimum atomic E-state index is -0.383. The molecule has 0 spiro atoms. The van der Waals surface area contributed by atoms with E-state index in [0.717, 1.165) is 11.1 Å². The Morgan fingerprint density at radius 3 is 2.06 bits per heavy atom. The highest BCUT2D eigenvalue weighted by atomic mass is 16.6. The number of carbonyl (C=O) groups excluding carboxylic acids is 1. The van der Waals surface area contributed by atoms with Crippen LogP contribution < -0.4 is 5.11 Å². The first kappa shape index (κ1) is 14.4. The molecule has 1 rings (SSSR count). The van der Waals surface area contributed by atoms with Crippen molar-refractivity contribution in [2.75, 3.05) is 13.2 Å². The number of hydrogen-bond donors (Lipinski definition) is 0. The Kier molecular flexibility index (Phi) is 4.59. The summed E-state index contributed by atoms with van der Waals surface area (Å²) < 4.78 is 10.0. The summed E-state index contributed by atoms with van der Waals surface area (Å²) in [5, 5.41) is 11.9. The van der Waals surface area contributed by atoms with E-state index >= 15 is 0 Å². The van der Waals surface area contributed by atoms with Crippen molar-refractivity contribution in [1.29, 1.82) is 0 Å². The Labute approximate surface area is 108 Å². The van der Waals surface area contributed by atoms with E-state index < -0.39 is 0 Å². The van der Waals surface area contributed by atoms with Gasteiger partial charge < -0.3 is 14.6 Å². The Morgan fingerprint density at radius 2 is 1.56 bits per heavy atom. The molecule has 1 aliphatic rings. The fourth-order valence-corrected chi connectivity index (χ4v) is 2.08. The van der Waals surface area contributed by atoms with Crippen molar-refractivity contribution in [3.63, 3.8) is 0 Å². The first-order valence-electron chi connectivity index (χ1n) is 6.06. The van der Waals surface area contributed by atoms with Crippen LogP contribution in [0.2, 0.25) is 0 Å². The van der Waals surface area contributed by atoms with Gasteiger partial charge >= 0.3 is 5.97 Å². The molecule has 0 unspecified atom stereocenters. The van der Waals surface area contributed by atoms with Gasteiger partial charge in [0, 0.05) is 5.57 Å². The smallest absolute Gasteiger partial charge is 0.338 e. The van der Waals surface area contributed by atoms with Gasteiger partial charge in [0.1, 0.15) is 0 Å². The van der Waals surface area contributed by atoms with Crippen LogP contribution in [0.3, 0.4) is 0 Å². The molecule has 0 atom stereocenters. The van der Waals surface area contributed by atoms with Gasteiger partial charge in [0.05, 0.1) is 18.1 Å². The van der Waals surface area contributed by atoms with Crippen LogP contribution in [0, 0.1) is 0 Å². The van der Waals surface area contributed by atoms with Crippen molar-refractivity contribution in [2.45, 2.75) is 34.6 Å². The number of hydrogen-bond acceptors (Lipinski definition) is 4. The maximum Gasteiger partial charge on any atom is 0.338 e. The third kappa shape index (κ3) is 2.42. The van der Waals surface area contributed by atoms with E-state index in [1.54, 1.807) is 20.8 Å². The molecule has 1 aliphatic carbocycles. The number of carbonyl (C=O) groups is 1. The molecule has 0 aromatic heterocycles. The lowest BCUT2D eigenvalue weighted by molar-refractivity contribution is -0.357. The third-order valence-corrected chi connectivity index (χ3v) is 3.02. The number of rotatable bonds is 4. The van der Waals surface area contributed by atoms with Gasteiger partial charge in [-0.15, -0.1) is 0 Å².